The van der Waals surface area contributed by atoms with Crippen LogP contribution in [0.3, 0.4) is 0 Å². The topological polar surface area (TPSA) is 83.8 Å². The van der Waals surface area contributed by atoms with E-state index in [4.69, 9.17) is 4.74 Å². The summed E-state index contributed by atoms with van der Waals surface area (Å²) in [6.07, 6.45) is 3.95. The summed E-state index contributed by atoms with van der Waals surface area (Å²) in [6, 6.07) is -0.0144. The molecule has 9 heteroatoms. The van der Waals surface area contributed by atoms with Crippen LogP contribution in [-0.2, 0) is 22.6 Å². The van der Waals surface area contributed by atoms with Crippen molar-refractivity contribution in [3.05, 3.63) is 11.6 Å². The molecule has 2 amide bonds. The molecule has 2 fully saturated rings. The van der Waals surface area contributed by atoms with Crippen molar-refractivity contribution >= 4 is 12.0 Å². The first kappa shape index (κ1) is 20.1. The standard InChI is InChI=1S/C20H32N6O3/c1-20(2,3)29-19(28)24-11-12-26-16(13-24)21-22-18(26)15-7-6-10-25(15)17(27)14-23-8-4-5-9-23/h15H,4-14H2,1-3H3/t15-/m0/s1. The number of carbonyl (C=O) groups excluding carboxylic acids is 2. The van der Waals surface area contributed by atoms with Crippen molar-refractivity contribution in [2.24, 2.45) is 0 Å². The minimum absolute atomic E-state index is 0.0144. The van der Waals surface area contributed by atoms with Gasteiger partial charge in [-0.25, -0.2) is 4.79 Å². The molecule has 2 saturated heterocycles. The Hall–Kier alpha value is -2.16. The number of carbonyl (C=O) groups is 2. The summed E-state index contributed by atoms with van der Waals surface area (Å²) >= 11 is 0. The van der Waals surface area contributed by atoms with Crippen molar-refractivity contribution in [3.63, 3.8) is 0 Å². The van der Waals surface area contributed by atoms with Gasteiger partial charge in [0.15, 0.2) is 11.6 Å². The second-order valence-corrected chi connectivity index (χ2v) is 9.26. The van der Waals surface area contributed by atoms with Crippen molar-refractivity contribution in [3.8, 4) is 0 Å². The van der Waals surface area contributed by atoms with Gasteiger partial charge in [0, 0.05) is 19.6 Å². The van der Waals surface area contributed by atoms with Crippen LogP contribution >= 0.6 is 0 Å². The Kier molecular flexibility index (Phi) is 5.50. The largest absolute Gasteiger partial charge is 0.444 e. The lowest BCUT2D eigenvalue weighted by atomic mass is 10.2. The van der Waals surface area contributed by atoms with Crippen LogP contribution in [0.2, 0.25) is 0 Å². The third kappa shape index (κ3) is 4.39. The normalized spacial score (nSPS) is 22.8. The van der Waals surface area contributed by atoms with E-state index >= 15 is 0 Å². The number of hydrogen-bond donors (Lipinski definition) is 0. The molecule has 160 valence electrons. The minimum Gasteiger partial charge on any atom is -0.444 e. The van der Waals surface area contributed by atoms with Gasteiger partial charge in [-0.2, -0.15) is 0 Å². The molecular weight excluding hydrogens is 372 g/mol. The quantitative estimate of drug-likeness (QED) is 0.764. The Morgan fingerprint density at radius 2 is 1.79 bits per heavy atom. The van der Waals surface area contributed by atoms with Gasteiger partial charge in [0.2, 0.25) is 5.91 Å². The first-order valence-corrected chi connectivity index (χ1v) is 10.7. The van der Waals surface area contributed by atoms with Crippen LogP contribution in [0, 0.1) is 0 Å². The molecule has 0 saturated carbocycles. The molecule has 9 nitrogen and oxygen atoms in total. The molecule has 0 aromatic carbocycles. The van der Waals surface area contributed by atoms with Crippen LogP contribution in [0.25, 0.3) is 0 Å². The maximum Gasteiger partial charge on any atom is 0.410 e. The molecule has 0 spiro atoms. The van der Waals surface area contributed by atoms with Gasteiger partial charge in [-0.05, 0) is 59.5 Å². The van der Waals surface area contributed by atoms with E-state index in [0.29, 0.717) is 26.2 Å². The molecule has 29 heavy (non-hydrogen) atoms. The average molecular weight is 405 g/mol. The van der Waals surface area contributed by atoms with Gasteiger partial charge in [0.1, 0.15) is 5.60 Å². The predicted octanol–water partition coefficient (Wildman–Crippen LogP) is 1.79. The van der Waals surface area contributed by atoms with Crippen LogP contribution < -0.4 is 0 Å². The highest BCUT2D eigenvalue weighted by Crippen LogP contribution is 2.32. The van der Waals surface area contributed by atoms with Gasteiger partial charge >= 0.3 is 6.09 Å². The molecule has 3 aliphatic heterocycles. The zero-order valence-electron chi connectivity index (χ0n) is 17.8. The average Bonchev–Trinajstić information content (AvgIpc) is 3.39. The van der Waals surface area contributed by atoms with Crippen LogP contribution in [0.4, 0.5) is 4.79 Å². The van der Waals surface area contributed by atoms with Crippen LogP contribution in [0.1, 0.15) is 64.1 Å². The van der Waals surface area contributed by atoms with E-state index in [-0.39, 0.29) is 18.0 Å². The highest BCUT2D eigenvalue weighted by atomic mass is 16.6. The van der Waals surface area contributed by atoms with Gasteiger partial charge in [-0.1, -0.05) is 0 Å². The predicted molar refractivity (Wildman–Crippen MR) is 106 cm³/mol. The fourth-order valence-corrected chi connectivity index (χ4v) is 4.47. The molecule has 0 bridgehead atoms. The van der Waals surface area contributed by atoms with Gasteiger partial charge in [0.25, 0.3) is 0 Å². The second kappa shape index (κ2) is 7.93. The molecule has 0 unspecified atom stereocenters. The lowest BCUT2D eigenvalue weighted by molar-refractivity contribution is -0.133. The summed E-state index contributed by atoms with van der Waals surface area (Å²) < 4.78 is 7.57. The highest BCUT2D eigenvalue weighted by molar-refractivity contribution is 5.79. The Labute approximate surface area is 172 Å². The fourth-order valence-electron chi connectivity index (χ4n) is 4.47. The summed E-state index contributed by atoms with van der Waals surface area (Å²) in [5.74, 6) is 1.81. The maximum absolute atomic E-state index is 12.9. The number of amides is 2. The zero-order valence-corrected chi connectivity index (χ0v) is 17.8. The van der Waals surface area contributed by atoms with Gasteiger partial charge in [0.05, 0.1) is 19.1 Å². The van der Waals surface area contributed by atoms with Gasteiger partial charge in [-0.3, -0.25) is 14.6 Å². The van der Waals surface area contributed by atoms with E-state index in [1.54, 1.807) is 4.90 Å². The highest BCUT2D eigenvalue weighted by Gasteiger charge is 2.36. The summed E-state index contributed by atoms with van der Waals surface area (Å²) in [5, 5.41) is 8.78. The lowest BCUT2D eigenvalue weighted by Gasteiger charge is -2.31. The maximum atomic E-state index is 12.9. The van der Waals surface area contributed by atoms with Crippen LogP contribution in [0.5, 0.6) is 0 Å². The molecule has 1 aromatic rings. The Balaban J connectivity index is 1.44. The van der Waals surface area contributed by atoms with E-state index in [2.05, 4.69) is 19.7 Å². The number of nitrogens with zero attached hydrogens (tertiary/aromatic N) is 6. The van der Waals surface area contributed by atoms with Crippen molar-refractivity contribution in [1.82, 2.24) is 29.5 Å². The van der Waals surface area contributed by atoms with Crippen molar-refractivity contribution < 1.29 is 14.3 Å². The second-order valence-electron chi connectivity index (χ2n) is 9.26. The number of ether oxygens (including phenoxy) is 1. The van der Waals surface area contributed by atoms with Crippen molar-refractivity contribution in [2.75, 3.05) is 32.7 Å². The van der Waals surface area contributed by atoms with Crippen molar-refractivity contribution in [2.45, 2.75) is 71.2 Å². The number of hydrogen-bond acceptors (Lipinski definition) is 6. The first-order chi connectivity index (χ1) is 13.8. The molecular formula is C20H32N6O3. The number of rotatable bonds is 3. The summed E-state index contributed by atoms with van der Waals surface area (Å²) in [4.78, 5) is 31.2. The lowest BCUT2D eigenvalue weighted by Crippen LogP contribution is -2.43. The van der Waals surface area contributed by atoms with Gasteiger partial charge in [-0.15, -0.1) is 10.2 Å². The van der Waals surface area contributed by atoms with Crippen LogP contribution in [0.15, 0.2) is 0 Å². The number of fused-ring (bicyclic) bond motifs is 1. The molecule has 4 rings (SSSR count). The Morgan fingerprint density at radius 1 is 1.03 bits per heavy atom. The third-order valence-electron chi connectivity index (χ3n) is 5.86. The Bertz CT molecular complexity index is 765. The SMILES string of the molecule is CC(C)(C)OC(=O)N1CCn2c(nnc2[C@@H]2CCCN2C(=O)CN2CCCC2)C1. The number of likely N-dealkylation sites (tertiary alicyclic amines) is 2. The first-order valence-electron chi connectivity index (χ1n) is 10.7. The zero-order chi connectivity index (χ0) is 20.6. The van der Waals surface area contributed by atoms with Crippen LogP contribution in [-0.4, -0.2) is 79.8 Å². The summed E-state index contributed by atoms with van der Waals surface area (Å²) in [5.41, 5.74) is -0.520. The van der Waals surface area contributed by atoms with E-state index in [0.717, 1.165) is 44.1 Å². The molecule has 0 radical (unpaired) electrons. The minimum atomic E-state index is -0.520. The molecule has 0 aliphatic carbocycles. The molecule has 1 atom stereocenters. The Morgan fingerprint density at radius 3 is 2.52 bits per heavy atom. The monoisotopic (exact) mass is 404 g/mol. The molecule has 4 heterocycles. The third-order valence-corrected chi connectivity index (χ3v) is 5.86. The van der Waals surface area contributed by atoms with E-state index < -0.39 is 5.60 Å². The van der Waals surface area contributed by atoms with E-state index in [1.807, 2.05) is 25.7 Å². The molecule has 0 N–H and O–H groups in total. The fraction of sp³-hybridized carbons (Fsp3) is 0.800. The van der Waals surface area contributed by atoms with Crippen molar-refractivity contribution in [1.29, 1.82) is 0 Å². The summed E-state index contributed by atoms with van der Waals surface area (Å²) in [7, 11) is 0. The number of aromatic nitrogens is 3. The molecule has 3 aliphatic rings. The van der Waals surface area contributed by atoms with Gasteiger partial charge < -0.3 is 14.2 Å². The van der Waals surface area contributed by atoms with E-state index in [9.17, 15) is 9.59 Å². The van der Waals surface area contributed by atoms with E-state index in [1.165, 1.54) is 12.8 Å². The summed E-state index contributed by atoms with van der Waals surface area (Å²) in [6.45, 7) is 10.5. The molecule has 1 aromatic heterocycles. The smallest absolute Gasteiger partial charge is 0.410 e.